The molecule has 1 saturated carbocycles. The maximum atomic E-state index is 12.1. The largest absolute Gasteiger partial charge is 0.318 e. The normalized spacial score (nSPS) is 14.3. The fraction of sp³-hybridized carbons (Fsp3) is 0.308. The average molecular weight is 311 g/mol. The van der Waals surface area contributed by atoms with Crippen LogP contribution in [-0.2, 0) is 0 Å². The number of amides is 1. The number of aryl methyl sites for hydroxylation is 1. The first-order valence-electron chi connectivity index (χ1n) is 6.24. The van der Waals surface area contributed by atoms with Gasteiger partial charge in [0, 0.05) is 10.9 Å². The lowest BCUT2D eigenvalue weighted by atomic mass is 10.2. The fourth-order valence-electron chi connectivity index (χ4n) is 1.84. The number of carbonyl (C=O) groups excluding carboxylic acids is 1. The number of nitrogens with zero attached hydrogens (tertiary/aromatic N) is 2. The first-order valence-corrected chi connectivity index (χ1v) is 6.99. The summed E-state index contributed by atoms with van der Waals surface area (Å²) in [6.07, 6.45) is 2.19. The van der Waals surface area contributed by atoms with Crippen molar-refractivity contribution in [3.8, 4) is 0 Å². The third-order valence-electron chi connectivity index (χ3n) is 3.17. The molecule has 0 atom stereocenters. The summed E-state index contributed by atoms with van der Waals surface area (Å²) in [4.78, 5) is 16.2. The summed E-state index contributed by atoms with van der Waals surface area (Å²) in [6.45, 7) is 1.84. The van der Waals surface area contributed by atoms with Crippen LogP contribution in [0.15, 0.2) is 12.1 Å². The van der Waals surface area contributed by atoms with Crippen LogP contribution in [0.3, 0.4) is 0 Å². The quantitative estimate of drug-likeness (QED) is 0.910. The van der Waals surface area contributed by atoms with Gasteiger partial charge < -0.3 is 5.32 Å². The van der Waals surface area contributed by atoms with Crippen LogP contribution in [0.4, 0.5) is 5.69 Å². The summed E-state index contributed by atoms with van der Waals surface area (Å²) in [6, 6.07) is 3.32. The molecule has 5 nitrogen and oxygen atoms in total. The Morgan fingerprint density at radius 3 is 2.80 bits per heavy atom. The molecule has 1 aliphatic rings. The highest BCUT2D eigenvalue weighted by Crippen LogP contribution is 2.37. The second-order valence-corrected chi connectivity index (χ2v) is 5.67. The highest BCUT2D eigenvalue weighted by Gasteiger charge is 2.28. The Labute approximate surface area is 125 Å². The minimum absolute atomic E-state index is 0.111. The number of anilines is 1. The number of aromatic amines is 1. The minimum atomic E-state index is -0.407. The van der Waals surface area contributed by atoms with Gasteiger partial charge in [-0.05, 0) is 37.5 Å². The van der Waals surface area contributed by atoms with Gasteiger partial charge in [-0.2, -0.15) is 0 Å². The van der Waals surface area contributed by atoms with E-state index >= 15 is 0 Å². The molecule has 2 N–H and O–H groups in total. The standard InChI is InChI=1S/C13H12Cl2N4O/c1-6-4-9(15)10(5-8(6)14)16-13(20)12-17-11(18-19-12)7-2-3-7/h4-5,7H,2-3H2,1H3,(H,16,20)(H,17,18,19). The zero-order chi connectivity index (χ0) is 14.3. The van der Waals surface area contributed by atoms with Gasteiger partial charge in [0.25, 0.3) is 5.91 Å². The molecular weight excluding hydrogens is 299 g/mol. The minimum Gasteiger partial charge on any atom is -0.318 e. The molecule has 1 fully saturated rings. The van der Waals surface area contributed by atoms with Gasteiger partial charge in [-0.15, -0.1) is 5.10 Å². The Balaban J connectivity index is 1.79. The first kappa shape index (κ1) is 13.4. The lowest BCUT2D eigenvalue weighted by Crippen LogP contribution is -2.14. The highest BCUT2D eigenvalue weighted by atomic mass is 35.5. The van der Waals surface area contributed by atoms with E-state index in [0.717, 1.165) is 24.2 Å². The lowest BCUT2D eigenvalue weighted by molar-refractivity contribution is 0.101. The molecular formula is C13H12Cl2N4O. The number of hydrogen-bond acceptors (Lipinski definition) is 3. The molecule has 1 heterocycles. The molecule has 7 heteroatoms. The van der Waals surface area contributed by atoms with Crippen LogP contribution in [0, 0.1) is 6.92 Å². The van der Waals surface area contributed by atoms with Crippen LogP contribution in [0.2, 0.25) is 10.0 Å². The molecule has 0 aliphatic heterocycles. The molecule has 0 radical (unpaired) electrons. The topological polar surface area (TPSA) is 70.7 Å². The van der Waals surface area contributed by atoms with Crippen LogP contribution >= 0.6 is 23.2 Å². The predicted octanol–water partition coefficient (Wildman–Crippen LogP) is 3.55. The van der Waals surface area contributed by atoms with Gasteiger partial charge in [0.05, 0.1) is 10.7 Å². The van der Waals surface area contributed by atoms with Crippen molar-refractivity contribution in [1.29, 1.82) is 0 Å². The van der Waals surface area contributed by atoms with E-state index in [1.54, 1.807) is 12.1 Å². The molecule has 1 aliphatic carbocycles. The highest BCUT2D eigenvalue weighted by molar-refractivity contribution is 6.36. The number of carbonyl (C=O) groups is 1. The van der Waals surface area contributed by atoms with E-state index in [1.165, 1.54) is 0 Å². The van der Waals surface area contributed by atoms with Crippen LogP contribution in [0.1, 0.15) is 40.8 Å². The number of rotatable bonds is 3. The molecule has 0 bridgehead atoms. The van der Waals surface area contributed by atoms with Crippen LogP contribution in [0.5, 0.6) is 0 Å². The van der Waals surface area contributed by atoms with Gasteiger partial charge in [-0.25, -0.2) is 4.98 Å². The Hall–Kier alpha value is -1.59. The first-order chi connectivity index (χ1) is 9.54. The van der Waals surface area contributed by atoms with Crippen molar-refractivity contribution >= 4 is 34.8 Å². The van der Waals surface area contributed by atoms with Gasteiger partial charge in [0.1, 0.15) is 5.82 Å². The summed E-state index contributed by atoms with van der Waals surface area (Å²) in [7, 11) is 0. The molecule has 0 unspecified atom stereocenters. The Morgan fingerprint density at radius 1 is 1.35 bits per heavy atom. The third kappa shape index (κ3) is 2.64. The van der Waals surface area contributed by atoms with Crippen molar-refractivity contribution in [2.24, 2.45) is 0 Å². The van der Waals surface area contributed by atoms with E-state index in [4.69, 9.17) is 23.2 Å². The van der Waals surface area contributed by atoms with E-state index in [0.29, 0.717) is 21.7 Å². The molecule has 0 saturated heterocycles. The van der Waals surface area contributed by atoms with Crippen molar-refractivity contribution in [2.45, 2.75) is 25.7 Å². The number of nitrogens with one attached hydrogen (secondary N) is 2. The number of benzene rings is 1. The van der Waals surface area contributed by atoms with Crippen molar-refractivity contribution < 1.29 is 4.79 Å². The maximum Gasteiger partial charge on any atom is 0.295 e. The zero-order valence-corrected chi connectivity index (χ0v) is 12.2. The van der Waals surface area contributed by atoms with Gasteiger partial charge in [0.15, 0.2) is 0 Å². The third-order valence-corrected chi connectivity index (χ3v) is 3.89. The van der Waals surface area contributed by atoms with Crippen molar-refractivity contribution in [1.82, 2.24) is 15.2 Å². The Morgan fingerprint density at radius 2 is 2.10 bits per heavy atom. The number of hydrogen-bond donors (Lipinski definition) is 2. The van der Waals surface area contributed by atoms with Crippen LogP contribution in [0.25, 0.3) is 0 Å². The molecule has 1 aromatic carbocycles. The van der Waals surface area contributed by atoms with E-state index in [1.807, 2.05) is 6.92 Å². The van der Waals surface area contributed by atoms with Crippen molar-refractivity contribution in [3.05, 3.63) is 39.4 Å². The zero-order valence-electron chi connectivity index (χ0n) is 10.7. The SMILES string of the molecule is Cc1cc(Cl)c(NC(=O)c2n[nH]c(C3CC3)n2)cc1Cl. The second kappa shape index (κ2) is 5.07. The second-order valence-electron chi connectivity index (χ2n) is 4.85. The predicted molar refractivity (Wildman–Crippen MR) is 77.5 cm³/mol. The average Bonchev–Trinajstić information content (AvgIpc) is 3.13. The van der Waals surface area contributed by atoms with Crippen molar-refractivity contribution in [2.75, 3.05) is 5.32 Å². The summed E-state index contributed by atoms with van der Waals surface area (Å²) in [5.74, 6) is 0.888. The number of halogens is 2. The monoisotopic (exact) mass is 310 g/mol. The van der Waals surface area contributed by atoms with Gasteiger partial charge in [0.2, 0.25) is 5.82 Å². The maximum absolute atomic E-state index is 12.1. The van der Waals surface area contributed by atoms with Crippen LogP contribution in [-0.4, -0.2) is 21.1 Å². The summed E-state index contributed by atoms with van der Waals surface area (Å²) in [5, 5.41) is 10.3. The molecule has 2 aromatic rings. The molecule has 1 amide bonds. The van der Waals surface area contributed by atoms with E-state index in [-0.39, 0.29) is 5.82 Å². The molecule has 20 heavy (non-hydrogen) atoms. The summed E-state index contributed by atoms with van der Waals surface area (Å²) in [5.41, 5.74) is 1.30. The Kier molecular flexibility index (Phi) is 3.40. The van der Waals surface area contributed by atoms with Crippen molar-refractivity contribution in [3.63, 3.8) is 0 Å². The van der Waals surface area contributed by atoms with Crippen LogP contribution < -0.4 is 5.32 Å². The fourth-order valence-corrected chi connectivity index (χ4v) is 2.26. The van der Waals surface area contributed by atoms with E-state index in [2.05, 4.69) is 20.5 Å². The van der Waals surface area contributed by atoms with Gasteiger partial charge >= 0.3 is 0 Å². The summed E-state index contributed by atoms with van der Waals surface area (Å²) >= 11 is 12.1. The van der Waals surface area contributed by atoms with E-state index in [9.17, 15) is 4.79 Å². The van der Waals surface area contributed by atoms with E-state index < -0.39 is 5.91 Å². The van der Waals surface area contributed by atoms with Gasteiger partial charge in [-0.3, -0.25) is 9.89 Å². The molecule has 3 rings (SSSR count). The lowest BCUT2D eigenvalue weighted by Gasteiger charge is -2.07. The molecule has 1 aromatic heterocycles. The number of aromatic nitrogens is 3. The number of H-pyrrole nitrogens is 1. The smallest absolute Gasteiger partial charge is 0.295 e. The Bertz CT molecular complexity index is 679. The molecule has 104 valence electrons. The summed E-state index contributed by atoms with van der Waals surface area (Å²) < 4.78 is 0. The van der Waals surface area contributed by atoms with Gasteiger partial charge in [-0.1, -0.05) is 23.2 Å². The molecule has 0 spiro atoms.